The molecule has 0 unspecified atom stereocenters. The predicted octanol–water partition coefficient (Wildman–Crippen LogP) is 1.01. The van der Waals surface area contributed by atoms with E-state index in [1.807, 2.05) is 6.07 Å². The van der Waals surface area contributed by atoms with Crippen molar-refractivity contribution in [2.75, 3.05) is 13.6 Å². The second-order valence-electron chi connectivity index (χ2n) is 3.66. The van der Waals surface area contributed by atoms with Gasteiger partial charge in [-0.15, -0.1) is 0 Å². The van der Waals surface area contributed by atoms with Crippen LogP contribution in [0.25, 0.3) is 0 Å². The van der Waals surface area contributed by atoms with Crippen LogP contribution in [0.3, 0.4) is 0 Å². The first-order chi connectivity index (χ1) is 8.06. The zero-order valence-electron chi connectivity index (χ0n) is 9.11. The van der Waals surface area contributed by atoms with Crippen molar-refractivity contribution in [1.82, 2.24) is 10.2 Å². The summed E-state index contributed by atoms with van der Waals surface area (Å²) in [6, 6.07) is 6.94. The molecular formula is C11H10BrN3O2. The standard InChI is InChI=1S/C11H10BrN3O2/c1-15-6-9(16)13-11(15)14-10(17)7-3-2-4-8(12)5-7/h2-5H,6H2,1H3,(H,13,14,16,17). The van der Waals surface area contributed by atoms with E-state index < -0.39 is 0 Å². The Morgan fingerprint density at radius 2 is 2.29 bits per heavy atom. The molecule has 0 bridgehead atoms. The number of nitrogens with one attached hydrogen (secondary N) is 1. The van der Waals surface area contributed by atoms with Crippen LogP contribution in [0.5, 0.6) is 0 Å². The first kappa shape index (κ1) is 11.8. The number of likely N-dealkylation sites (N-methyl/N-ethyl adjacent to an activating group) is 1. The number of hydrogen-bond donors (Lipinski definition) is 1. The van der Waals surface area contributed by atoms with Gasteiger partial charge in [-0.25, -0.2) is 0 Å². The zero-order chi connectivity index (χ0) is 12.4. The number of benzene rings is 1. The third-order valence-electron chi connectivity index (χ3n) is 2.27. The van der Waals surface area contributed by atoms with Gasteiger partial charge in [-0.1, -0.05) is 22.0 Å². The summed E-state index contributed by atoms with van der Waals surface area (Å²) in [6.45, 7) is 0.227. The Kier molecular flexibility index (Phi) is 3.23. The lowest BCUT2D eigenvalue weighted by atomic mass is 10.2. The van der Waals surface area contributed by atoms with Crippen LogP contribution in [-0.2, 0) is 4.79 Å². The van der Waals surface area contributed by atoms with Crippen molar-refractivity contribution in [2.24, 2.45) is 4.99 Å². The molecule has 1 aliphatic rings. The Morgan fingerprint density at radius 3 is 2.88 bits per heavy atom. The van der Waals surface area contributed by atoms with Crippen LogP contribution >= 0.6 is 15.9 Å². The van der Waals surface area contributed by atoms with Gasteiger partial charge in [0.1, 0.15) is 0 Å². The molecule has 0 saturated carbocycles. The molecule has 2 rings (SSSR count). The predicted molar refractivity (Wildman–Crippen MR) is 66.7 cm³/mol. The van der Waals surface area contributed by atoms with Crippen molar-refractivity contribution >= 4 is 33.7 Å². The number of carbonyl (C=O) groups is 2. The summed E-state index contributed by atoms with van der Waals surface area (Å²) in [7, 11) is 1.70. The van der Waals surface area contributed by atoms with Crippen LogP contribution in [0.1, 0.15) is 10.4 Å². The maximum atomic E-state index is 11.8. The molecule has 1 heterocycles. The second-order valence-corrected chi connectivity index (χ2v) is 4.57. The minimum absolute atomic E-state index is 0.159. The highest BCUT2D eigenvalue weighted by molar-refractivity contribution is 9.10. The molecule has 1 aromatic carbocycles. The number of guanidine groups is 1. The maximum absolute atomic E-state index is 11.8. The fourth-order valence-corrected chi connectivity index (χ4v) is 1.84. The minimum atomic E-state index is -0.379. The SMILES string of the molecule is CN1CC(=O)NC1=NC(=O)c1cccc(Br)c1. The third kappa shape index (κ3) is 2.71. The molecule has 1 saturated heterocycles. The van der Waals surface area contributed by atoms with Crippen LogP contribution in [-0.4, -0.2) is 36.3 Å². The number of hydrogen-bond acceptors (Lipinski definition) is 2. The van der Waals surface area contributed by atoms with Crippen molar-refractivity contribution in [3.63, 3.8) is 0 Å². The van der Waals surface area contributed by atoms with Crippen molar-refractivity contribution in [3.05, 3.63) is 34.3 Å². The first-order valence-corrected chi connectivity index (χ1v) is 5.75. The van der Waals surface area contributed by atoms with Crippen LogP contribution in [0.15, 0.2) is 33.7 Å². The summed E-state index contributed by atoms with van der Waals surface area (Å²) < 4.78 is 0.812. The molecule has 6 heteroatoms. The largest absolute Gasteiger partial charge is 0.336 e. The van der Waals surface area contributed by atoms with Gasteiger partial charge in [-0.2, -0.15) is 4.99 Å². The smallest absolute Gasteiger partial charge is 0.280 e. The molecule has 0 aromatic heterocycles. The van der Waals surface area contributed by atoms with Gasteiger partial charge in [-0.3, -0.25) is 14.9 Å². The van der Waals surface area contributed by atoms with E-state index in [4.69, 9.17) is 0 Å². The summed E-state index contributed by atoms with van der Waals surface area (Å²) in [5, 5.41) is 2.52. The normalized spacial score (nSPS) is 17.4. The molecule has 88 valence electrons. The Bertz CT molecular complexity index is 513. The van der Waals surface area contributed by atoms with E-state index in [-0.39, 0.29) is 18.4 Å². The number of nitrogens with zero attached hydrogens (tertiary/aromatic N) is 2. The minimum Gasteiger partial charge on any atom is -0.336 e. The lowest BCUT2D eigenvalue weighted by Crippen LogP contribution is -2.28. The van der Waals surface area contributed by atoms with E-state index in [1.54, 1.807) is 30.1 Å². The van der Waals surface area contributed by atoms with Gasteiger partial charge in [0, 0.05) is 17.1 Å². The van der Waals surface area contributed by atoms with Crippen LogP contribution in [0.4, 0.5) is 0 Å². The summed E-state index contributed by atoms with van der Waals surface area (Å²) >= 11 is 3.28. The Balaban J connectivity index is 2.22. The molecule has 0 radical (unpaired) electrons. The number of carbonyl (C=O) groups excluding carboxylic acids is 2. The fraction of sp³-hybridized carbons (Fsp3) is 0.182. The Labute approximate surface area is 107 Å². The highest BCUT2D eigenvalue weighted by atomic mass is 79.9. The molecule has 1 aromatic rings. The van der Waals surface area contributed by atoms with Gasteiger partial charge in [0.2, 0.25) is 11.9 Å². The monoisotopic (exact) mass is 295 g/mol. The molecule has 2 amide bonds. The fourth-order valence-electron chi connectivity index (χ4n) is 1.45. The van der Waals surface area contributed by atoms with E-state index in [0.29, 0.717) is 11.5 Å². The number of rotatable bonds is 1. The van der Waals surface area contributed by atoms with Crippen molar-refractivity contribution in [1.29, 1.82) is 0 Å². The molecule has 0 atom stereocenters. The van der Waals surface area contributed by atoms with Gasteiger partial charge in [0.25, 0.3) is 5.91 Å². The van der Waals surface area contributed by atoms with E-state index in [1.165, 1.54) is 0 Å². The van der Waals surface area contributed by atoms with E-state index in [2.05, 4.69) is 26.2 Å². The molecule has 0 spiro atoms. The lowest BCUT2D eigenvalue weighted by Gasteiger charge is -2.07. The molecular weight excluding hydrogens is 286 g/mol. The number of amides is 2. The lowest BCUT2D eigenvalue weighted by molar-refractivity contribution is -0.118. The maximum Gasteiger partial charge on any atom is 0.280 e. The van der Waals surface area contributed by atoms with Gasteiger partial charge in [0.05, 0.1) is 6.54 Å². The van der Waals surface area contributed by atoms with Gasteiger partial charge < -0.3 is 4.90 Å². The summed E-state index contributed by atoms with van der Waals surface area (Å²) in [6.07, 6.45) is 0. The number of aliphatic imine (C=N–C) groups is 1. The zero-order valence-corrected chi connectivity index (χ0v) is 10.7. The van der Waals surface area contributed by atoms with Crippen LogP contribution < -0.4 is 5.32 Å². The number of halogens is 1. The summed E-state index contributed by atoms with van der Waals surface area (Å²) in [4.78, 5) is 28.4. The van der Waals surface area contributed by atoms with Crippen LogP contribution in [0, 0.1) is 0 Å². The molecule has 1 N–H and O–H groups in total. The molecule has 5 nitrogen and oxygen atoms in total. The Morgan fingerprint density at radius 1 is 1.53 bits per heavy atom. The van der Waals surface area contributed by atoms with Gasteiger partial charge in [-0.05, 0) is 18.2 Å². The van der Waals surface area contributed by atoms with E-state index >= 15 is 0 Å². The van der Waals surface area contributed by atoms with Gasteiger partial charge >= 0.3 is 0 Å². The second kappa shape index (κ2) is 4.67. The highest BCUT2D eigenvalue weighted by Gasteiger charge is 2.22. The molecule has 0 aliphatic carbocycles. The summed E-state index contributed by atoms with van der Waals surface area (Å²) in [5.41, 5.74) is 0.474. The van der Waals surface area contributed by atoms with Crippen molar-refractivity contribution < 1.29 is 9.59 Å². The van der Waals surface area contributed by atoms with Crippen molar-refractivity contribution in [2.45, 2.75) is 0 Å². The topological polar surface area (TPSA) is 61.8 Å². The quantitative estimate of drug-likeness (QED) is 0.841. The summed E-state index contributed by atoms with van der Waals surface area (Å²) in [5.74, 6) is -0.247. The average Bonchev–Trinajstić information content (AvgIpc) is 2.57. The van der Waals surface area contributed by atoms with Crippen LogP contribution in [0.2, 0.25) is 0 Å². The Hall–Kier alpha value is -1.69. The first-order valence-electron chi connectivity index (χ1n) is 4.96. The molecule has 17 heavy (non-hydrogen) atoms. The van der Waals surface area contributed by atoms with Crippen molar-refractivity contribution in [3.8, 4) is 0 Å². The highest BCUT2D eigenvalue weighted by Crippen LogP contribution is 2.12. The molecule has 1 aliphatic heterocycles. The average molecular weight is 296 g/mol. The molecule has 1 fully saturated rings. The van der Waals surface area contributed by atoms with E-state index in [0.717, 1.165) is 4.47 Å². The van der Waals surface area contributed by atoms with Gasteiger partial charge in [0.15, 0.2) is 0 Å². The third-order valence-corrected chi connectivity index (χ3v) is 2.77. The van der Waals surface area contributed by atoms with E-state index in [9.17, 15) is 9.59 Å².